The van der Waals surface area contributed by atoms with Crippen molar-refractivity contribution >= 4 is 11.8 Å². The van der Waals surface area contributed by atoms with Crippen LogP contribution in [0, 0.1) is 26.7 Å². The lowest BCUT2D eigenvalue weighted by molar-refractivity contribution is -0.130. The molecular weight excluding hydrogens is 304 g/mol. The number of carbonyl (C=O) groups excluding carboxylic acids is 2. The standard InChI is InChI=1S/C18H28N4O2/c1-12-13(2)20-22(14(12)3)9-8-19-18(24)15-10-17(23)21(11-15)16-6-4-5-7-16/h15-16H,4-11H2,1-3H3,(H,19,24)/t15-/m0/s1. The molecular formula is C18H28N4O2. The highest BCUT2D eigenvalue weighted by atomic mass is 16.2. The van der Waals surface area contributed by atoms with Gasteiger partial charge >= 0.3 is 0 Å². The summed E-state index contributed by atoms with van der Waals surface area (Å²) in [4.78, 5) is 26.5. The normalized spacial score (nSPS) is 21.7. The van der Waals surface area contributed by atoms with Crippen molar-refractivity contribution in [3.8, 4) is 0 Å². The fourth-order valence-electron chi connectivity index (χ4n) is 3.91. The van der Waals surface area contributed by atoms with Crippen molar-refractivity contribution in [3.63, 3.8) is 0 Å². The number of aryl methyl sites for hydroxylation is 1. The zero-order valence-corrected chi connectivity index (χ0v) is 15.0. The Balaban J connectivity index is 1.48. The van der Waals surface area contributed by atoms with Crippen LogP contribution >= 0.6 is 0 Å². The van der Waals surface area contributed by atoms with Crippen LogP contribution in [0.15, 0.2) is 0 Å². The van der Waals surface area contributed by atoms with Gasteiger partial charge < -0.3 is 10.2 Å². The molecule has 1 N–H and O–H groups in total. The minimum absolute atomic E-state index is 0.00194. The van der Waals surface area contributed by atoms with E-state index in [1.54, 1.807) is 0 Å². The van der Waals surface area contributed by atoms with E-state index in [4.69, 9.17) is 0 Å². The number of aromatic nitrogens is 2. The molecule has 2 aliphatic rings. The first-order valence-corrected chi connectivity index (χ1v) is 9.05. The molecule has 0 unspecified atom stereocenters. The van der Waals surface area contributed by atoms with E-state index in [0.29, 0.717) is 32.1 Å². The van der Waals surface area contributed by atoms with Gasteiger partial charge in [0.05, 0.1) is 18.2 Å². The molecule has 1 atom stereocenters. The Morgan fingerprint density at radius 1 is 1.25 bits per heavy atom. The van der Waals surface area contributed by atoms with Gasteiger partial charge in [0.15, 0.2) is 0 Å². The Hall–Kier alpha value is -1.85. The number of likely N-dealkylation sites (tertiary alicyclic amines) is 1. The van der Waals surface area contributed by atoms with Gasteiger partial charge in [0.25, 0.3) is 0 Å². The summed E-state index contributed by atoms with van der Waals surface area (Å²) in [6.07, 6.45) is 4.96. The lowest BCUT2D eigenvalue weighted by Crippen LogP contribution is -2.37. The molecule has 2 amide bonds. The third-order valence-corrected chi connectivity index (χ3v) is 5.66. The molecule has 1 saturated heterocycles. The minimum Gasteiger partial charge on any atom is -0.354 e. The van der Waals surface area contributed by atoms with Gasteiger partial charge in [0.2, 0.25) is 11.8 Å². The van der Waals surface area contributed by atoms with Crippen LogP contribution in [0.4, 0.5) is 0 Å². The molecule has 1 aromatic rings. The van der Waals surface area contributed by atoms with Crippen LogP contribution in [-0.2, 0) is 16.1 Å². The highest BCUT2D eigenvalue weighted by molar-refractivity contribution is 5.89. The molecule has 132 valence electrons. The first-order valence-electron chi connectivity index (χ1n) is 9.05. The van der Waals surface area contributed by atoms with Crippen LogP contribution < -0.4 is 5.32 Å². The maximum atomic E-state index is 12.4. The number of hydrogen-bond acceptors (Lipinski definition) is 3. The molecule has 0 bridgehead atoms. The summed E-state index contributed by atoms with van der Waals surface area (Å²) < 4.78 is 1.94. The number of amides is 2. The summed E-state index contributed by atoms with van der Waals surface area (Å²) in [5.41, 5.74) is 3.38. The second kappa shape index (κ2) is 6.95. The predicted molar refractivity (Wildman–Crippen MR) is 91.5 cm³/mol. The quantitative estimate of drug-likeness (QED) is 0.893. The average molecular weight is 332 g/mol. The third-order valence-electron chi connectivity index (χ3n) is 5.66. The van der Waals surface area contributed by atoms with Crippen LogP contribution in [0.5, 0.6) is 0 Å². The van der Waals surface area contributed by atoms with Crippen molar-refractivity contribution in [1.82, 2.24) is 20.0 Å². The van der Waals surface area contributed by atoms with E-state index in [1.807, 2.05) is 23.4 Å². The van der Waals surface area contributed by atoms with E-state index in [2.05, 4.69) is 17.3 Å². The van der Waals surface area contributed by atoms with Gasteiger partial charge in [-0.25, -0.2) is 0 Å². The van der Waals surface area contributed by atoms with E-state index < -0.39 is 0 Å². The van der Waals surface area contributed by atoms with Gasteiger partial charge in [-0.2, -0.15) is 5.10 Å². The molecule has 1 aromatic heterocycles. The molecule has 0 spiro atoms. The number of rotatable bonds is 5. The predicted octanol–water partition coefficient (Wildman–Crippen LogP) is 1.72. The molecule has 1 aliphatic heterocycles. The number of carbonyl (C=O) groups is 2. The van der Waals surface area contributed by atoms with Crippen LogP contribution in [-0.4, -0.2) is 45.6 Å². The zero-order chi connectivity index (χ0) is 17.3. The average Bonchev–Trinajstić information content (AvgIpc) is 3.25. The summed E-state index contributed by atoms with van der Waals surface area (Å²) in [6, 6.07) is 0.368. The molecule has 6 heteroatoms. The van der Waals surface area contributed by atoms with Gasteiger partial charge in [-0.05, 0) is 39.2 Å². The molecule has 6 nitrogen and oxygen atoms in total. The fourth-order valence-corrected chi connectivity index (χ4v) is 3.91. The molecule has 2 fully saturated rings. The number of hydrogen-bond donors (Lipinski definition) is 1. The summed E-state index contributed by atoms with van der Waals surface area (Å²) in [7, 11) is 0. The van der Waals surface area contributed by atoms with E-state index in [1.165, 1.54) is 18.4 Å². The van der Waals surface area contributed by atoms with E-state index >= 15 is 0 Å². The zero-order valence-electron chi connectivity index (χ0n) is 15.0. The maximum absolute atomic E-state index is 12.4. The first-order chi connectivity index (χ1) is 11.5. The van der Waals surface area contributed by atoms with Gasteiger partial charge in [0.1, 0.15) is 0 Å². The number of nitrogens with zero attached hydrogens (tertiary/aromatic N) is 3. The smallest absolute Gasteiger partial charge is 0.225 e. The Morgan fingerprint density at radius 2 is 1.96 bits per heavy atom. The molecule has 3 rings (SSSR count). The highest BCUT2D eigenvalue weighted by Crippen LogP contribution is 2.29. The van der Waals surface area contributed by atoms with Gasteiger partial charge in [-0.1, -0.05) is 12.8 Å². The lowest BCUT2D eigenvalue weighted by atomic mass is 10.1. The van der Waals surface area contributed by atoms with E-state index in [9.17, 15) is 9.59 Å². The molecule has 1 aliphatic carbocycles. The first kappa shape index (κ1) is 17.0. The molecule has 2 heterocycles. The monoisotopic (exact) mass is 332 g/mol. The third kappa shape index (κ3) is 3.32. The van der Waals surface area contributed by atoms with Crippen LogP contribution in [0.1, 0.15) is 49.1 Å². The van der Waals surface area contributed by atoms with E-state index in [0.717, 1.165) is 24.2 Å². The van der Waals surface area contributed by atoms with Crippen LogP contribution in [0.3, 0.4) is 0 Å². The second-order valence-corrected chi connectivity index (χ2v) is 7.20. The SMILES string of the molecule is Cc1nn(CCNC(=O)[C@H]2CC(=O)N(C3CCCC3)C2)c(C)c1C. The molecule has 24 heavy (non-hydrogen) atoms. The van der Waals surface area contributed by atoms with E-state index in [-0.39, 0.29) is 17.7 Å². The Bertz CT molecular complexity index is 631. The Kier molecular flexibility index (Phi) is 4.92. The molecule has 0 radical (unpaired) electrons. The minimum atomic E-state index is -0.194. The van der Waals surface area contributed by atoms with Crippen LogP contribution in [0.2, 0.25) is 0 Å². The lowest BCUT2D eigenvalue weighted by Gasteiger charge is -2.23. The molecule has 0 aromatic carbocycles. The van der Waals surface area contributed by atoms with Gasteiger partial charge in [-0.3, -0.25) is 14.3 Å². The summed E-state index contributed by atoms with van der Waals surface area (Å²) in [6.45, 7) is 7.92. The van der Waals surface area contributed by atoms with Crippen molar-refractivity contribution in [2.45, 2.75) is 65.5 Å². The second-order valence-electron chi connectivity index (χ2n) is 7.20. The van der Waals surface area contributed by atoms with Crippen LogP contribution in [0.25, 0.3) is 0 Å². The highest BCUT2D eigenvalue weighted by Gasteiger charge is 2.38. The van der Waals surface area contributed by atoms with Crippen molar-refractivity contribution in [3.05, 3.63) is 17.0 Å². The number of nitrogens with one attached hydrogen (secondary N) is 1. The Labute approximate surface area is 143 Å². The van der Waals surface area contributed by atoms with Gasteiger partial charge in [0, 0.05) is 31.2 Å². The largest absolute Gasteiger partial charge is 0.354 e. The molecule has 1 saturated carbocycles. The van der Waals surface area contributed by atoms with Crippen molar-refractivity contribution in [2.24, 2.45) is 5.92 Å². The summed E-state index contributed by atoms with van der Waals surface area (Å²) >= 11 is 0. The van der Waals surface area contributed by atoms with Crippen molar-refractivity contribution in [2.75, 3.05) is 13.1 Å². The maximum Gasteiger partial charge on any atom is 0.225 e. The fraction of sp³-hybridized carbons (Fsp3) is 0.722. The topological polar surface area (TPSA) is 67.2 Å². The van der Waals surface area contributed by atoms with Gasteiger partial charge in [-0.15, -0.1) is 0 Å². The summed E-state index contributed by atoms with van der Waals surface area (Å²) in [5, 5.41) is 7.47. The van der Waals surface area contributed by atoms with Crippen molar-refractivity contribution < 1.29 is 9.59 Å². The Morgan fingerprint density at radius 3 is 2.58 bits per heavy atom. The summed E-state index contributed by atoms with van der Waals surface area (Å²) in [5.74, 6) is -0.0430. The van der Waals surface area contributed by atoms with Crippen molar-refractivity contribution in [1.29, 1.82) is 0 Å².